The smallest absolute Gasteiger partial charge is 0.253 e. The molecule has 0 bridgehead atoms. The van der Waals surface area contributed by atoms with E-state index >= 15 is 0 Å². The number of fused-ring (bicyclic) bond motifs is 1. The topological polar surface area (TPSA) is 62.5 Å². The Hall–Kier alpha value is -3.51. The molecular formula is C24H22N4O2. The summed E-state index contributed by atoms with van der Waals surface area (Å²) in [5, 5.41) is 5.01. The molecular weight excluding hydrogens is 376 g/mol. The van der Waals surface area contributed by atoms with Crippen LogP contribution in [0.25, 0.3) is 22.2 Å². The first-order valence-electron chi connectivity index (χ1n) is 10.1. The quantitative estimate of drug-likeness (QED) is 0.523. The van der Waals surface area contributed by atoms with Gasteiger partial charge in [-0.3, -0.25) is 14.7 Å². The highest BCUT2D eigenvalue weighted by molar-refractivity contribution is 6.01. The average Bonchev–Trinajstić information content (AvgIpc) is 3.24. The second-order valence-corrected chi connectivity index (χ2v) is 7.50. The number of amides is 1. The van der Waals surface area contributed by atoms with E-state index in [9.17, 15) is 4.79 Å². The van der Waals surface area contributed by atoms with Crippen molar-refractivity contribution >= 4 is 16.8 Å². The molecule has 0 saturated carbocycles. The van der Waals surface area contributed by atoms with Gasteiger partial charge in [-0.1, -0.05) is 41.6 Å². The average molecular weight is 398 g/mol. The molecule has 1 aliphatic heterocycles. The second-order valence-electron chi connectivity index (χ2n) is 7.50. The molecule has 1 amide bonds. The van der Waals surface area contributed by atoms with Gasteiger partial charge in [-0.15, -0.1) is 0 Å². The number of piperazine rings is 1. The van der Waals surface area contributed by atoms with E-state index in [2.05, 4.69) is 15.0 Å². The van der Waals surface area contributed by atoms with E-state index in [1.807, 2.05) is 77.8 Å². The summed E-state index contributed by atoms with van der Waals surface area (Å²) in [4.78, 5) is 21.8. The summed E-state index contributed by atoms with van der Waals surface area (Å²) < 4.78 is 5.56. The van der Waals surface area contributed by atoms with Crippen LogP contribution >= 0.6 is 0 Å². The summed E-state index contributed by atoms with van der Waals surface area (Å²) in [6.07, 6.45) is 1.82. The summed E-state index contributed by atoms with van der Waals surface area (Å²) in [6.45, 7) is 3.91. The van der Waals surface area contributed by atoms with Gasteiger partial charge < -0.3 is 9.42 Å². The minimum atomic E-state index is 0.0506. The van der Waals surface area contributed by atoms with Gasteiger partial charge in [0.05, 0.1) is 11.1 Å². The first-order chi connectivity index (χ1) is 14.8. The number of carbonyl (C=O) groups is 1. The fourth-order valence-corrected chi connectivity index (χ4v) is 3.88. The van der Waals surface area contributed by atoms with Crippen molar-refractivity contribution in [2.75, 3.05) is 26.2 Å². The Labute approximate surface area is 174 Å². The Morgan fingerprint density at radius 2 is 1.73 bits per heavy atom. The first-order valence-corrected chi connectivity index (χ1v) is 10.1. The molecule has 0 aliphatic carbocycles. The standard InChI is InChI=1S/C24H22N4O2/c29-24(28-14-12-27(13-15-28)17-20-8-4-5-11-25-20)19-9-10-22-21(16-19)23(30-26-22)18-6-2-1-3-7-18/h1-11,16H,12-15,17H2. The van der Waals surface area contributed by atoms with Gasteiger partial charge in [0.25, 0.3) is 5.91 Å². The van der Waals surface area contributed by atoms with Gasteiger partial charge in [0, 0.05) is 50.0 Å². The third-order valence-electron chi connectivity index (χ3n) is 5.53. The summed E-state index contributed by atoms with van der Waals surface area (Å²) >= 11 is 0. The molecule has 150 valence electrons. The molecule has 0 N–H and O–H groups in total. The van der Waals surface area contributed by atoms with Crippen molar-refractivity contribution in [2.45, 2.75) is 6.54 Å². The van der Waals surface area contributed by atoms with Crippen molar-refractivity contribution in [3.63, 3.8) is 0 Å². The van der Waals surface area contributed by atoms with Crippen LogP contribution in [-0.2, 0) is 6.54 Å². The van der Waals surface area contributed by atoms with E-state index in [0.29, 0.717) is 24.4 Å². The molecule has 1 saturated heterocycles. The Morgan fingerprint density at radius 3 is 2.50 bits per heavy atom. The minimum Gasteiger partial charge on any atom is -0.355 e. The fraction of sp³-hybridized carbons (Fsp3) is 0.208. The van der Waals surface area contributed by atoms with Crippen LogP contribution in [0.5, 0.6) is 0 Å². The van der Waals surface area contributed by atoms with Crippen LogP contribution in [0.4, 0.5) is 0 Å². The van der Waals surface area contributed by atoms with E-state index in [1.54, 1.807) is 0 Å². The molecule has 1 fully saturated rings. The highest BCUT2D eigenvalue weighted by atomic mass is 16.5. The van der Waals surface area contributed by atoms with Crippen molar-refractivity contribution in [3.8, 4) is 11.3 Å². The van der Waals surface area contributed by atoms with Gasteiger partial charge >= 0.3 is 0 Å². The maximum absolute atomic E-state index is 13.1. The number of hydrogen-bond donors (Lipinski definition) is 0. The molecule has 0 unspecified atom stereocenters. The summed E-state index contributed by atoms with van der Waals surface area (Å²) in [5.74, 6) is 0.745. The Morgan fingerprint density at radius 1 is 0.933 bits per heavy atom. The highest BCUT2D eigenvalue weighted by Gasteiger charge is 2.23. The SMILES string of the molecule is O=C(c1ccc2noc(-c3ccccc3)c2c1)N1CCN(Cc2ccccn2)CC1. The number of pyridine rings is 1. The van der Waals surface area contributed by atoms with Crippen LogP contribution in [-0.4, -0.2) is 52.0 Å². The van der Waals surface area contributed by atoms with E-state index in [-0.39, 0.29) is 5.91 Å². The minimum absolute atomic E-state index is 0.0506. The molecule has 6 nitrogen and oxygen atoms in total. The highest BCUT2D eigenvalue weighted by Crippen LogP contribution is 2.29. The van der Waals surface area contributed by atoms with Crippen molar-refractivity contribution in [3.05, 3.63) is 84.2 Å². The van der Waals surface area contributed by atoms with Gasteiger partial charge in [0.15, 0.2) is 5.76 Å². The summed E-state index contributed by atoms with van der Waals surface area (Å²) in [7, 11) is 0. The molecule has 0 spiro atoms. The molecule has 2 aromatic heterocycles. The number of rotatable bonds is 4. The van der Waals surface area contributed by atoms with Crippen molar-refractivity contribution < 1.29 is 9.32 Å². The normalized spacial score (nSPS) is 14.9. The fourth-order valence-electron chi connectivity index (χ4n) is 3.88. The zero-order chi connectivity index (χ0) is 20.3. The van der Waals surface area contributed by atoms with Crippen molar-refractivity contribution in [1.82, 2.24) is 19.9 Å². The maximum Gasteiger partial charge on any atom is 0.253 e. The lowest BCUT2D eigenvalue weighted by Gasteiger charge is -2.34. The molecule has 5 rings (SSSR count). The molecule has 0 atom stereocenters. The molecule has 2 aromatic carbocycles. The van der Waals surface area contributed by atoms with E-state index in [1.165, 1.54) is 0 Å². The monoisotopic (exact) mass is 398 g/mol. The lowest BCUT2D eigenvalue weighted by atomic mass is 10.1. The first kappa shape index (κ1) is 18.5. The van der Waals surface area contributed by atoms with Crippen LogP contribution in [0.3, 0.4) is 0 Å². The Bertz CT molecular complexity index is 1150. The maximum atomic E-state index is 13.1. The predicted octanol–water partition coefficient (Wildman–Crippen LogP) is 3.85. The number of carbonyl (C=O) groups excluding carboxylic acids is 1. The molecule has 30 heavy (non-hydrogen) atoms. The van der Waals surface area contributed by atoms with Crippen LogP contribution in [0.2, 0.25) is 0 Å². The summed E-state index contributed by atoms with van der Waals surface area (Å²) in [6, 6.07) is 21.4. The molecule has 3 heterocycles. The largest absolute Gasteiger partial charge is 0.355 e. The van der Waals surface area contributed by atoms with Crippen LogP contribution in [0.15, 0.2) is 77.4 Å². The van der Waals surface area contributed by atoms with Gasteiger partial charge in [-0.2, -0.15) is 0 Å². The van der Waals surface area contributed by atoms with Crippen LogP contribution in [0.1, 0.15) is 16.1 Å². The molecule has 6 heteroatoms. The van der Waals surface area contributed by atoms with Gasteiger partial charge in [-0.25, -0.2) is 0 Å². The van der Waals surface area contributed by atoms with E-state index in [4.69, 9.17) is 4.52 Å². The van der Waals surface area contributed by atoms with Gasteiger partial charge in [0.1, 0.15) is 5.52 Å². The zero-order valence-corrected chi connectivity index (χ0v) is 16.6. The third-order valence-corrected chi connectivity index (χ3v) is 5.53. The zero-order valence-electron chi connectivity index (χ0n) is 16.6. The van der Waals surface area contributed by atoms with Gasteiger partial charge in [-0.05, 0) is 30.3 Å². The number of aromatic nitrogens is 2. The predicted molar refractivity (Wildman–Crippen MR) is 115 cm³/mol. The third kappa shape index (κ3) is 3.69. The van der Waals surface area contributed by atoms with E-state index in [0.717, 1.165) is 41.8 Å². The number of nitrogens with zero attached hydrogens (tertiary/aromatic N) is 4. The van der Waals surface area contributed by atoms with Crippen molar-refractivity contribution in [2.24, 2.45) is 0 Å². The molecule has 0 radical (unpaired) electrons. The second kappa shape index (κ2) is 8.08. The van der Waals surface area contributed by atoms with Crippen molar-refractivity contribution in [1.29, 1.82) is 0 Å². The van der Waals surface area contributed by atoms with Crippen LogP contribution < -0.4 is 0 Å². The Kier molecular flexibility index (Phi) is 4.99. The molecule has 1 aliphatic rings. The lowest BCUT2D eigenvalue weighted by Crippen LogP contribution is -2.48. The van der Waals surface area contributed by atoms with E-state index < -0.39 is 0 Å². The number of benzene rings is 2. The lowest BCUT2D eigenvalue weighted by molar-refractivity contribution is 0.0627. The van der Waals surface area contributed by atoms with Crippen LogP contribution in [0, 0.1) is 0 Å². The number of hydrogen-bond acceptors (Lipinski definition) is 5. The summed E-state index contributed by atoms with van der Waals surface area (Å²) in [5.41, 5.74) is 3.43. The van der Waals surface area contributed by atoms with Gasteiger partial charge in [0.2, 0.25) is 0 Å². The Balaban J connectivity index is 1.31. The molecule has 4 aromatic rings.